The van der Waals surface area contributed by atoms with E-state index in [9.17, 15) is 9.59 Å². The number of nitrogens with zero attached hydrogens (tertiary/aromatic N) is 3. The van der Waals surface area contributed by atoms with Crippen molar-refractivity contribution in [3.05, 3.63) is 98.5 Å². The van der Waals surface area contributed by atoms with Crippen LogP contribution in [-0.4, -0.2) is 54.9 Å². The van der Waals surface area contributed by atoms with E-state index in [-0.39, 0.29) is 29.2 Å². The maximum Gasteiger partial charge on any atom is 0.253 e. The van der Waals surface area contributed by atoms with Crippen molar-refractivity contribution in [1.29, 1.82) is 5.26 Å². The van der Waals surface area contributed by atoms with Gasteiger partial charge in [0.25, 0.3) is 11.8 Å². The lowest BCUT2D eigenvalue weighted by molar-refractivity contribution is 0.0696. The van der Waals surface area contributed by atoms with Gasteiger partial charge in [-0.15, -0.1) is 0 Å². The molecule has 8 heteroatoms. The Bertz CT molecular complexity index is 1440. The summed E-state index contributed by atoms with van der Waals surface area (Å²) in [5.74, 6) is 0.241. The number of nitriles is 1. The molecule has 0 saturated carbocycles. The predicted octanol–water partition coefficient (Wildman–Crippen LogP) is 6.55. The van der Waals surface area contributed by atoms with E-state index in [0.29, 0.717) is 39.8 Å². The van der Waals surface area contributed by atoms with Crippen LogP contribution >= 0.6 is 23.2 Å². The monoisotopic (exact) mass is 563 g/mol. The molecule has 0 aliphatic carbocycles. The van der Waals surface area contributed by atoms with Gasteiger partial charge in [-0.1, -0.05) is 50.0 Å². The van der Waals surface area contributed by atoms with E-state index >= 15 is 0 Å². The quantitative estimate of drug-likeness (QED) is 0.352. The number of amides is 2. The van der Waals surface area contributed by atoms with Gasteiger partial charge in [0.15, 0.2) is 0 Å². The number of ether oxygens (including phenoxy) is 1. The molecule has 3 aromatic rings. The summed E-state index contributed by atoms with van der Waals surface area (Å²) in [5.41, 5.74) is 3.14. The lowest BCUT2D eigenvalue weighted by atomic mass is 9.85. The summed E-state index contributed by atoms with van der Waals surface area (Å²) < 4.78 is 5.55. The number of carbonyl (C=O) groups excluding carboxylic acids is 2. The Morgan fingerprint density at radius 2 is 1.64 bits per heavy atom. The van der Waals surface area contributed by atoms with Crippen molar-refractivity contribution in [3.8, 4) is 11.8 Å². The molecule has 2 atom stereocenters. The highest BCUT2D eigenvalue weighted by Crippen LogP contribution is 2.36. The van der Waals surface area contributed by atoms with Crippen LogP contribution < -0.4 is 4.74 Å². The first-order chi connectivity index (χ1) is 18.4. The van der Waals surface area contributed by atoms with Gasteiger partial charge in [-0.05, 0) is 65.6 Å². The van der Waals surface area contributed by atoms with Gasteiger partial charge in [0, 0.05) is 42.7 Å². The fourth-order valence-electron chi connectivity index (χ4n) is 5.07. The highest BCUT2D eigenvalue weighted by molar-refractivity contribution is 6.42. The third-order valence-corrected chi connectivity index (χ3v) is 8.02. The summed E-state index contributed by atoms with van der Waals surface area (Å²) in [5, 5.41) is 9.97. The van der Waals surface area contributed by atoms with Crippen molar-refractivity contribution in [2.24, 2.45) is 0 Å². The molecule has 1 saturated heterocycles. The predicted molar refractivity (Wildman–Crippen MR) is 154 cm³/mol. The number of hydrogen-bond donors (Lipinski definition) is 0. The van der Waals surface area contributed by atoms with Crippen molar-refractivity contribution >= 4 is 35.0 Å². The molecule has 1 aliphatic rings. The van der Waals surface area contributed by atoms with E-state index in [2.05, 4.69) is 26.8 Å². The molecular formula is C31H31Cl2N3O3. The topological polar surface area (TPSA) is 73.6 Å². The molecule has 39 heavy (non-hydrogen) atoms. The standard InChI is InChI=1S/C31H31Cl2N3O3/c1-31(2,3)24-14-22(11-13-28(24)39-5)29(37)35(4)27-18-36(30(38)20-8-6-19(16-34)7-9-20)17-23(27)21-10-12-25(32)26(33)15-21/h6-15,23,27H,17-18H2,1-5H3/t23-,27+/m0/s1. The largest absolute Gasteiger partial charge is 0.496 e. The van der Waals surface area contributed by atoms with Crippen LogP contribution in [0.3, 0.4) is 0 Å². The average molecular weight is 565 g/mol. The van der Waals surface area contributed by atoms with Crippen LogP contribution in [0.5, 0.6) is 5.75 Å². The molecule has 0 bridgehead atoms. The van der Waals surface area contributed by atoms with Crippen LogP contribution in [0.15, 0.2) is 60.7 Å². The van der Waals surface area contributed by atoms with E-state index < -0.39 is 0 Å². The zero-order valence-electron chi connectivity index (χ0n) is 22.7. The Labute approximate surface area is 239 Å². The molecule has 3 aromatic carbocycles. The molecular weight excluding hydrogens is 533 g/mol. The second kappa shape index (κ2) is 11.3. The van der Waals surface area contributed by atoms with E-state index in [1.54, 1.807) is 66.4 Å². The number of likely N-dealkylation sites (N-methyl/N-ethyl adjacent to an activating group) is 1. The van der Waals surface area contributed by atoms with Crippen molar-refractivity contribution < 1.29 is 14.3 Å². The Hall–Kier alpha value is -3.53. The van der Waals surface area contributed by atoms with Crippen molar-refractivity contribution in [2.45, 2.75) is 38.1 Å². The Morgan fingerprint density at radius 1 is 0.974 bits per heavy atom. The lowest BCUT2D eigenvalue weighted by Gasteiger charge is -2.30. The van der Waals surface area contributed by atoms with Gasteiger partial charge in [0.05, 0.1) is 34.8 Å². The van der Waals surface area contributed by atoms with Gasteiger partial charge in [-0.3, -0.25) is 9.59 Å². The van der Waals surface area contributed by atoms with Gasteiger partial charge < -0.3 is 14.5 Å². The Kier molecular flexibility index (Phi) is 8.25. The number of likely N-dealkylation sites (tertiary alicyclic amines) is 1. The molecule has 0 aromatic heterocycles. The molecule has 202 valence electrons. The number of methoxy groups -OCH3 is 1. The first kappa shape index (κ1) is 28.5. The van der Waals surface area contributed by atoms with Crippen molar-refractivity contribution in [3.63, 3.8) is 0 Å². The molecule has 0 unspecified atom stereocenters. The van der Waals surface area contributed by atoms with Crippen LogP contribution in [0, 0.1) is 11.3 Å². The number of rotatable bonds is 5. The van der Waals surface area contributed by atoms with Crippen molar-refractivity contribution in [2.75, 3.05) is 27.2 Å². The summed E-state index contributed by atoms with van der Waals surface area (Å²) in [4.78, 5) is 30.7. The third kappa shape index (κ3) is 5.90. The summed E-state index contributed by atoms with van der Waals surface area (Å²) in [7, 11) is 3.40. The van der Waals surface area contributed by atoms with Crippen molar-refractivity contribution in [1.82, 2.24) is 9.80 Å². The Balaban J connectivity index is 1.68. The number of hydrogen-bond acceptors (Lipinski definition) is 4. The minimum Gasteiger partial charge on any atom is -0.496 e. The molecule has 1 heterocycles. The molecule has 0 radical (unpaired) electrons. The SMILES string of the molecule is COc1ccc(C(=O)N(C)[C@@H]2CN(C(=O)c3ccc(C#N)cc3)C[C@H]2c2ccc(Cl)c(Cl)c2)cc1C(C)(C)C. The molecule has 1 fully saturated rings. The molecule has 0 N–H and O–H groups in total. The zero-order valence-corrected chi connectivity index (χ0v) is 24.2. The summed E-state index contributed by atoms with van der Waals surface area (Å²) in [6.07, 6.45) is 0. The normalized spacial score (nSPS) is 17.0. The highest BCUT2D eigenvalue weighted by Gasteiger charge is 2.40. The van der Waals surface area contributed by atoms with Gasteiger partial charge in [0.2, 0.25) is 0 Å². The maximum atomic E-state index is 13.8. The van der Waals surface area contributed by atoms with Gasteiger partial charge >= 0.3 is 0 Å². The average Bonchev–Trinajstić information content (AvgIpc) is 3.38. The molecule has 0 spiro atoms. The van der Waals surface area contributed by atoms with Crippen LogP contribution in [0.2, 0.25) is 10.0 Å². The van der Waals surface area contributed by atoms with E-state index in [0.717, 1.165) is 16.9 Å². The van der Waals surface area contributed by atoms with E-state index in [4.69, 9.17) is 33.2 Å². The minimum atomic E-state index is -0.308. The fraction of sp³-hybridized carbons (Fsp3) is 0.323. The summed E-state index contributed by atoms with van der Waals surface area (Å²) in [6, 6.07) is 19.3. The van der Waals surface area contributed by atoms with Gasteiger partial charge in [-0.25, -0.2) is 0 Å². The summed E-state index contributed by atoms with van der Waals surface area (Å²) >= 11 is 12.5. The first-order valence-electron chi connectivity index (χ1n) is 12.6. The van der Waals surface area contributed by atoms with Gasteiger partial charge in [-0.2, -0.15) is 5.26 Å². The van der Waals surface area contributed by atoms with Crippen LogP contribution in [0.25, 0.3) is 0 Å². The molecule has 4 rings (SSSR count). The van der Waals surface area contributed by atoms with Crippen LogP contribution in [-0.2, 0) is 5.41 Å². The molecule has 1 aliphatic heterocycles. The number of carbonyl (C=O) groups is 2. The lowest BCUT2D eigenvalue weighted by Crippen LogP contribution is -2.42. The maximum absolute atomic E-state index is 13.8. The number of benzene rings is 3. The summed E-state index contributed by atoms with van der Waals surface area (Å²) in [6.45, 7) is 6.97. The molecule has 6 nitrogen and oxygen atoms in total. The third-order valence-electron chi connectivity index (χ3n) is 7.28. The first-order valence-corrected chi connectivity index (χ1v) is 13.4. The second-order valence-electron chi connectivity index (χ2n) is 10.8. The van der Waals surface area contributed by atoms with E-state index in [1.165, 1.54) is 0 Å². The minimum absolute atomic E-state index is 0.147. The van der Waals surface area contributed by atoms with Crippen LogP contribution in [0.4, 0.5) is 0 Å². The highest BCUT2D eigenvalue weighted by atomic mass is 35.5. The second-order valence-corrected chi connectivity index (χ2v) is 11.6. The fourth-order valence-corrected chi connectivity index (χ4v) is 5.37. The smallest absolute Gasteiger partial charge is 0.253 e. The van der Waals surface area contributed by atoms with Gasteiger partial charge in [0.1, 0.15) is 5.75 Å². The molecule has 2 amide bonds. The number of halogens is 2. The van der Waals surface area contributed by atoms with E-state index in [1.807, 2.05) is 18.2 Å². The van der Waals surface area contributed by atoms with Crippen LogP contribution in [0.1, 0.15) is 64.1 Å². The zero-order chi connectivity index (χ0) is 28.5. The Morgan fingerprint density at radius 3 is 2.23 bits per heavy atom.